The lowest BCUT2D eigenvalue weighted by molar-refractivity contribution is 0.387. The van der Waals surface area contributed by atoms with Crippen LogP contribution in [0.25, 0.3) is 27.5 Å². The van der Waals surface area contributed by atoms with Crippen LogP contribution in [0.4, 0.5) is 0 Å². The van der Waals surface area contributed by atoms with Gasteiger partial charge in [-0.15, -0.1) is 0 Å². The van der Waals surface area contributed by atoms with E-state index in [0.29, 0.717) is 0 Å². The maximum absolute atomic E-state index is 11.4. The number of rotatable bonds is 2. The number of hydrogen-bond acceptors (Lipinski definition) is 1. The molecule has 0 saturated carbocycles. The zero-order valence-corrected chi connectivity index (χ0v) is 14.9. The van der Waals surface area contributed by atoms with Gasteiger partial charge in [0.05, 0.1) is 16.3 Å². The van der Waals surface area contributed by atoms with Crippen LogP contribution in [0.3, 0.4) is 0 Å². The quantitative estimate of drug-likeness (QED) is 0.532. The highest BCUT2D eigenvalue weighted by Crippen LogP contribution is 2.35. The molecule has 0 bridgehead atoms. The average Bonchev–Trinajstić information content (AvgIpc) is 2.86. The van der Waals surface area contributed by atoms with Gasteiger partial charge in [-0.1, -0.05) is 24.3 Å². The SMILES string of the molecule is Cc1ccc2c3ccc(C)cc3n(-c3ccc(P(=O)(O)O)cc3)c2c1. The molecule has 0 atom stereocenters. The van der Waals surface area contributed by atoms with Gasteiger partial charge in [0.25, 0.3) is 0 Å². The van der Waals surface area contributed by atoms with Gasteiger partial charge in [-0.05, 0) is 61.4 Å². The van der Waals surface area contributed by atoms with Crippen LogP contribution in [0, 0.1) is 13.8 Å². The fourth-order valence-electron chi connectivity index (χ4n) is 3.31. The standard InChI is InChI=1S/C20H18NO3P/c1-13-3-9-17-18-10-4-14(2)12-20(18)21(19(17)11-13)15-5-7-16(8-6-15)25(22,23)24/h3-12H,1-2H3,(H2,22,23,24). The lowest BCUT2D eigenvalue weighted by atomic mass is 10.1. The average molecular weight is 351 g/mol. The molecule has 126 valence electrons. The Hall–Kier alpha value is -2.39. The predicted molar refractivity (Wildman–Crippen MR) is 102 cm³/mol. The molecule has 0 radical (unpaired) electrons. The van der Waals surface area contributed by atoms with Crippen molar-refractivity contribution in [3.8, 4) is 5.69 Å². The van der Waals surface area contributed by atoms with Crippen molar-refractivity contribution in [1.29, 1.82) is 0 Å². The van der Waals surface area contributed by atoms with Gasteiger partial charge in [0, 0.05) is 16.5 Å². The number of aromatic nitrogens is 1. The molecule has 3 aromatic carbocycles. The van der Waals surface area contributed by atoms with Crippen LogP contribution in [-0.2, 0) is 4.57 Å². The smallest absolute Gasteiger partial charge is 0.321 e. The van der Waals surface area contributed by atoms with Crippen molar-refractivity contribution in [3.05, 3.63) is 71.8 Å². The molecule has 2 N–H and O–H groups in total. The summed E-state index contributed by atoms with van der Waals surface area (Å²) in [4.78, 5) is 18.7. The molecule has 0 saturated heterocycles. The fraction of sp³-hybridized carbons (Fsp3) is 0.100. The monoisotopic (exact) mass is 351 g/mol. The molecule has 0 aliphatic rings. The Morgan fingerprint density at radius 3 is 1.68 bits per heavy atom. The van der Waals surface area contributed by atoms with Gasteiger partial charge in [0.15, 0.2) is 0 Å². The first-order chi connectivity index (χ1) is 11.8. The molecule has 0 aliphatic carbocycles. The lowest BCUT2D eigenvalue weighted by Gasteiger charge is -2.10. The summed E-state index contributed by atoms with van der Waals surface area (Å²) in [6.07, 6.45) is 0. The van der Waals surface area contributed by atoms with Gasteiger partial charge >= 0.3 is 7.60 Å². The minimum Gasteiger partial charge on any atom is -0.321 e. The van der Waals surface area contributed by atoms with Crippen LogP contribution in [0.15, 0.2) is 60.7 Å². The first-order valence-electron chi connectivity index (χ1n) is 8.02. The van der Waals surface area contributed by atoms with Gasteiger partial charge < -0.3 is 14.4 Å². The highest BCUT2D eigenvalue weighted by molar-refractivity contribution is 7.60. The summed E-state index contributed by atoms with van der Waals surface area (Å²) < 4.78 is 13.6. The van der Waals surface area contributed by atoms with E-state index in [-0.39, 0.29) is 5.30 Å². The van der Waals surface area contributed by atoms with Crippen LogP contribution in [0.1, 0.15) is 11.1 Å². The molecular weight excluding hydrogens is 333 g/mol. The number of hydrogen-bond donors (Lipinski definition) is 2. The molecule has 0 unspecified atom stereocenters. The summed E-state index contributed by atoms with van der Waals surface area (Å²) in [5.41, 5.74) is 5.39. The van der Waals surface area contributed by atoms with E-state index in [0.717, 1.165) is 16.7 Å². The van der Waals surface area contributed by atoms with Crippen LogP contribution in [0.5, 0.6) is 0 Å². The highest BCUT2D eigenvalue weighted by Gasteiger charge is 2.17. The second-order valence-electron chi connectivity index (χ2n) is 6.44. The molecule has 4 rings (SSSR count). The molecule has 0 aliphatic heterocycles. The molecule has 1 heterocycles. The van der Waals surface area contributed by atoms with E-state index >= 15 is 0 Å². The van der Waals surface area contributed by atoms with E-state index in [9.17, 15) is 14.4 Å². The van der Waals surface area contributed by atoms with Crippen LogP contribution < -0.4 is 5.30 Å². The molecule has 0 spiro atoms. The molecule has 1 aromatic heterocycles. The van der Waals surface area contributed by atoms with Crippen molar-refractivity contribution < 1.29 is 14.4 Å². The summed E-state index contributed by atoms with van der Waals surface area (Å²) in [7, 11) is -4.24. The summed E-state index contributed by atoms with van der Waals surface area (Å²) >= 11 is 0. The largest absolute Gasteiger partial charge is 0.356 e. The molecule has 5 heteroatoms. The molecule has 0 fully saturated rings. The van der Waals surface area contributed by atoms with E-state index in [1.807, 2.05) is 0 Å². The van der Waals surface area contributed by atoms with Gasteiger partial charge in [-0.25, -0.2) is 0 Å². The summed E-state index contributed by atoms with van der Waals surface area (Å²) in [5.74, 6) is 0. The molecule has 0 amide bonds. The Bertz CT molecular complexity index is 1090. The Kier molecular flexibility index (Phi) is 3.58. The van der Waals surface area contributed by atoms with E-state index in [1.54, 1.807) is 12.1 Å². The van der Waals surface area contributed by atoms with Gasteiger partial charge in [-0.2, -0.15) is 0 Å². The van der Waals surface area contributed by atoms with Crippen molar-refractivity contribution in [3.63, 3.8) is 0 Å². The molecule has 25 heavy (non-hydrogen) atoms. The number of benzene rings is 3. The second-order valence-corrected chi connectivity index (χ2v) is 8.04. The Labute approximate surface area is 145 Å². The molecule has 4 aromatic rings. The number of fused-ring (bicyclic) bond motifs is 3. The van der Waals surface area contributed by atoms with Crippen molar-refractivity contribution in [2.75, 3.05) is 0 Å². The predicted octanol–water partition coefficient (Wildman–Crippen LogP) is 4.20. The van der Waals surface area contributed by atoms with Gasteiger partial charge in [0.2, 0.25) is 0 Å². The Balaban J connectivity index is 2.06. The summed E-state index contributed by atoms with van der Waals surface area (Å²) in [5, 5.41) is 2.36. The first kappa shape index (κ1) is 16.1. The minimum atomic E-state index is -4.24. The Morgan fingerprint density at radius 1 is 0.760 bits per heavy atom. The number of aryl methyl sites for hydroxylation is 2. The zero-order valence-electron chi connectivity index (χ0n) is 14.0. The van der Waals surface area contributed by atoms with E-state index in [1.165, 1.54) is 34.0 Å². The van der Waals surface area contributed by atoms with Crippen molar-refractivity contribution in [2.24, 2.45) is 0 Å². The molecule has 4 nitrogen and oxygen atoms in total. The van der Waals surface area contributed by atoms with Gasteiger partial charge in [-0.3, -0.25) is 4.57 Å². The normalized spacial score (nSPS) is 12.2. The summed E-state index contributed by atoms with van der Waals surface area (Å²) in [6.45, 7) is 4.12. The Morgan fingerprint density at radius 2 is 1.24 bits per heavy atom. The lowest BCUT2D eigenvalue weighted by Crippen LogP contribution is -2.04. The van der Waals surface area contributed by atoms with E-state index in [4.69, 9.17) is 0 Å². The van der Waals surface area contributed by atoms with Crippen molar-refractivity contribution >= 4 is 34.7 Å². The third-order valence-corrected chi connectivity index (χ3v) is 5.49. The minimum absolute atomic E-state index is 0.0318. The molecular formula is C20H18NO3P. The van der Waals surface area contributed by atoms with Crippen LogP contribution in [0.2, 0.25) is 0 Å². The van der Waals surface area contributed by atoms with Gasteiger partial charge in [0.1, 0.15) is 0 Å². The maximum Gasteiger partial charge on any atom is 0.356 e. The topological polar surface area (TPSA) is 62.5 Å². The van der Waals surface area contributed by atoms with Crippen molar-refractivity contribution in [2.45, 2.75) is 13.8 Å². The zero-order chi connectivity index (χ0) is 17.8. The second kappa shape index (κ2) is 5.57. The first-order valence-corrected chi connectivity index (χ1v) is 9.64. The van der Waals surface area contributed by atoms with Crippen LogP contribution >= 0.6 is 7.60 Å². The van der Waals surface area contributed by atoms with Crippen molar-refractivity contribution in [1.82, 2.24) is 4.57 Å². The number of nitrogens with zero attached hydrogens (tertiary/aromatic N) is 1. The third-order valence-electron chi connectivity index (χ3n) is 4.52. The summed E-state index contributed by atoms with van der Waals surface area (Å²) in [6, 6.07) is 19.3. The highest BCUT2D eigenvalue weighted by atomic mass is 31.2. The maximum atomic E-state index is 11.4. The van der Waals surface area contributed by atoms with E-state index < -0.39 is 7.60 Å². The third kappa shape index (κ3) is 2.69. The fourth-order valence-corrected chi connectivity index (χ4v) is 3.85. The van der Waals surface area contributed by atoms with E-state index in [2.05, 4.69) is 54.8 Å². The van der Waals surface area contributed by atoms with Crippen LogP contribution in [-0.4, -0.2) is 14.4 Å².